The molecule has 0 unspecified atom stereocenters. The Bertz CT molecular complexity index is 525. The minimum absolute atomic E-state index is 0.0668. The van der Waals surface area contributed by atoms with E-state index in [9.17, 15) is 14.9 Å². The van der Waals surface area contributed by atoms with Gasteiger partial charge in [-0.1, -0.05) is 13.0 Å². The molecular formula is C15H21N3O3. The molecule has 0 radical (unpaired) electrons. The Kier molecular flexibility index (Phi) is 5.27. The summed E-state index contributed by atoms with van der Waals surface area (Å²) in [6, 6.07) is 4.88. The Balaban J connectivity index is 2.00. The van der Waals surface area contributed by atoms with E-state index in [0.717, 1.165) is 25.9 Å². The Hall–Kier alpha value is -1.95. The molecule has 1 aromatic carbocycles. The lowest BCUT2D eigenvalue weighted by atomic mass is 9.94. The molecule has 1 heterocycles. The highest BCUT2D eigenvalue weighted by Gasteiger charge is 2.18. The fraction of sp³-hybridized carbons (Fsp3) is 0.533. The fourth-order valence-electron chi connectivity index (χ4n) is 2.67. The van der Waals surface area contributed by atoms with E-state index in [1.807, 2.05) is 6.92 Å². The highest BCUT2D eigenvalue weighted by molar-refractivity contribution is 5.91. The number of nitrogens with zero attached hydrogens (tertiary/aromatic N) is 1. The molecule has 1 aliphatic heterocycles. The summed E-state index contributed by atoms with van der Waals surface area (Å²) in [5, 5.41) is 17.1. The second kappa shape index (κ2) is 7.17. The first-order valence-electron chi connectivity index (χ1n) is 7.38. The van der Waals surface area contributed by atoms with Crippen molar-refractivity contribution in [3.8, 4) is 0 Å². The van der Waals surface area contributed by atoms with Gasteiger partial charge in [-0.05, 0) is 44.3 Å². The van der Waals surface area contributed by atoms with Gasteiger partial charge in [0.05, 0.1) is 4.92 Å². The second-order valence-corrected chi connectivity index (χ2v) is 5.40. The van der Waals surface area contributed by atoms with Crippen LogP contribution in [-0.4, -0.2) is 23.9 Å². The Morgan fingerprint density at radius 1 is 1.43 bits per heavy atom. The minimum Gasteiger partial charge on any atom is -0.326 e. The van der Waals surface area contributed by atoms with Crippen LogP contribution in [0.15, 0.2) is 18.2 Å². The van der Waals surface area contributed by atoms with Crippen molar-refractivity contribution in [2.45, 2.75) is 32.6 Å². The number of piperidine rings is 1. The number of hydrogen-bond acceptors (Lipinski definition) is 4. The zero-order valence-electron chi connectivity index (χ0n) is 12.2. The molecule has 1 amide bonds. The standard InChI is InChI=1S/C15H21N3O3/c1-2-12-3-4-13(10-14(12)18(20)21)17-15(19)9-11-5-7-16-8-6-11/h3-4,10-11,16H,2,5-9H2,1H3,(H,17,19). The van der Waals surface area contributed by atoms with Gasteiger partial charge in [-0.15, -0.1) is 0 Å². The Morgan fingerprint density at radius 2 is 2.14 bits per heavy atom. The molecule has 0 aliphatic carbocycles. The molecule has 2 N–H and O–H groups in total. The molecule has 1 saturated heterocycles. The summed E-state index contributed by atoms with van der Waals surface area (Å²) in [6.07, 6.45) is 3.08. The van der Waals surface area contributed by atoms with Crippen LogP contribution in [0, 0.1) is 16.0 Å². The molecule has 0 bridgehead atoms. The molecule has 1 aromatic rings. The van der Waals surface area contributed by atoms with E-state index in [2.05, 4.69) is 10.6 Å². The SMILES string of the molecule is CCc1ccc(NC(=O)CC2CCNCC2)cc1[N+](=O)[O-]. The predicted octanol–water partition coefficient (Wildman–Crippen LogP) is 2.49. The first-order chi connectivity index (χ1) is 10.1. The number of aryl methyl sites for hydroxylation is 1. The van der Waals surface area contributed by atoms with Gasteiger partial charge in [0.15, 0.2) is 0 Å². The molecule has 114 valence electrons. The van der Waals surface area contributed by atoms with Crippen molar-refractivity contribution in [3.63, 3.8) is 0 Å². The number of nitro benzene ring substituents is 1. The quantitative estimate of drug-likeness (QED) is 0.645. The minimum atomic E-state index is -0.401. The molecule has 21 heavy (non-hydrogen) atoms. The first kappa shape index (κ1) is 15.4. The van der Waals surface area contributed by atoms with Crippen LogP contribution >= 0.6 is 0 Å². The van der Waals surface area contributed by atoms with Crippen LogP contribution in [0.2, 0.25) is 0 Å². The summed E-state index contributed by atoms with van der Waals surface area (Å²) in [5.74, 6) is 0.330. The van der Waals surface area contributed by atoms with Crippen LogP contribution in [0.3, 0.4) is 0 Å². The Labute approximate surface area is 124 Å². The summed E-state index contributed by atoms with van der Waals surface area (Å²) in [7, 11) is 0. The van der Waals surface area contributed by atoms with Crippen LogP contribution in [0.25, 0.3) is 0 Å². The van der Waals surface area contributed by atoms with Gasteiger partial charge >= 0.3 is 0 Å². The third-order valence-electron chi connectivity index (χ3n) is 3.88. The highest BCUT2D eigenvalue weighted by Crippen LogP contribution is 2.24. The van der Waals surface area contributed by atoms with Gasteiger partial charge in [-0.2, -0.15) is 0 Å². The molecule has 6 heteroatoms. The van der Waals surface area contributed by atoms with Crippen LogP contribution < -0.4 is 10.6 Å². The third-order valence-corrected chi connectivity index (χ3v) is 3.88. The normalized spacial score (nSPS) is 15.7. The maximum atomic E-state index is 12.0. The van der Waals surface area contributed by atoms with E-state index in [-0.39, 0.29) is 11.6 Å². The number of benzene rings is 1. The number of carbonyl (C=O) groups excluding carboxylic acids is 1. The molecule has 2 rings (SSSR count). The summed E-state index contributed by atoms with van der Waals surface area (Å²) in [4.78, 5) is 22.6. The monoisotopic (exact) mass is 291 g/mol. The van der Waals surface area contributed by atoms with Crippen LogP contribution in [-0.2, 0) is 11.2 Å². The van der Waals surface area contributed by atoms with E-state index in [0.29, 0.717) is 30.0 Å². The zero-order valence-corrected chi connectivity index (χ0v) is 12.2. The van der Waals surface area contributed by atoms with Crippen molar-refractivity contribution in [3.05, 3.63) is 33.9 Å². The predicted molar refractivity (Wildman–Crippen MR) is 81.3 cm³/mol. The molecular weight excluding hydrogens is 270 g/mol. The lowest BCUT2D eigenvalue weighted by molar-refractivity contribution is -0.385. The van der Waals surface area contributed by atoms with Gasteiger partial charge in [0.1, 0.15) is 0 Å². The number of hydrogen-bond donors (Lipinski definition) is 2. The number of rotatable bonds is 5. The average molecular weight is 291 g/mol. The van der Waals surface area contributed by atoms with Crippen molar-refractivity contribution in [1.82, 2.24) is 5.32 Å². The van der Waals surface area contributed by atoms with Crippen molar-refractivity contribution < 1.29 is 9.72 Å². The molecule has 0 atom stereocenters. The summed E-state index contributed by atoms with van der Waals surface area (Å²) in [6.45, 7) is 3.78. The topological polar surface area (TPSA) is 84.3 Å². The zero-order chi connectivity index (χ0) is 15.2. The van der Waals surface area contributed by atoms with Gasteiger partial charge < -0.3 is 10.6 Å². The molecule has 1 fully saturated rings. The first-order valence-corrected chi connectivity index (χ1v) is 7.38. The van der Waals surface area contributed by atoms with E-state index >= 15 is 0 Å². The van der Waals surface area contributed by atoms with Crippen molar-refractivity contribution in [2.24, 2.45) is 5.92 Å². The lowest BCUT2D eigenvalue weighted by Gasteiger charge is -2.21. The van der Waals surface area contributed by atoms with Crippen LogP contribution in [0.1, 0.15) is 31.7 Å². The van der Waals surface area contributed by atoms with Crippen LogP contribution in [0.5, 0.6) is 0 Å². The smallest absolute Gasteiger partial charge is 0.274 e. The lowest BCUT2D eigenvalue weighted by Crippen LogP contribution is -2.30. The van der Waals surface area contributed by atoms with Gasteiger partial charge in [-0.3, -0.25) is 14.9 Å². The van der Waals surface area contributed by atoms with E-state index in [1.165, 1.54) is 6.07 Å². The fourth-order valence-corrected chi connectivity index (χ4v) is 2.67. The molecule has 1 aliphatic rings. The van der Waals surface area contributed by atoms with E-state index in [4.69, 9.17) is 0 Å². The number of nitro groups is 1. The van der Waals surface area contributed by atoms with Gasteiger partial charge in [-0.25, -0.2) is 0 Å². The number of anilines is 1. The van der Waals surface area contributed by atoms with Gasteiger partial charge in [0.2, 0.25) is 5.91 Å². The van der Waals surface area contributed by atoms with E-state index < -0.39 is 4.92 Å². The third kappa shape index (κ3) is 4.26. The summed E-state index contributed by atoms with van der Waals surface area (Å²) >= 11 is 0. The molecule has 0 spiro atoms. The number of carbonyl (C=O) groups is 1. The largest absolute Gasteiger partial charge is 0.326 e. The van der Waals surface area contributed by atoms with Gasteiger partial charge in [0.25, 0.3) is 5.69 Å². The molecule has 0 saturated carbocycles. The van der Waals surface area contributed by atoms with Crippen LogP contribution in [0.4, 0.5) is 11.4 Å². The summed E-state index contributed by atoms with van der Waals surface area (Å²) < 4.78 is 0. The van der Waals surface area contributed by atoms with Crippen molar-refractivity contribution in [1.29, 1.82) is 0 Å². The molecule has 6 nitrogen and oxygen atoms in total. The maximum absolute atomic E-state index is 12.0. The maximum Gasteiger partial charge on any atom is 0.274 e. The Morgan fingerprint density at radius 3 is 2.76 bits per heavy atom. The van der Waals surface area contributed by atoms with Crippen molar-refractivity contribution >= 4 is 17.3 Å². The van der Waals surface area contributed by atoms with Gasteiger partial charge in [0, 0.05) is 23.7 Å². The second-order valence-electron chi connectivity index (χ2n) is 5.40. The number of nitrogens with one attached hydrogen (secondary N) is 2. The van der Waals surface area contributed by atoms with Crippen molar-refractivity contribution in [2.75, 3.05) is 18.4 Å². The number of amides is 1. The summed E-state index contributed by atoms with van der Waals surface area (Å²) in [5.41, 5.74) is 1.24. The average Bonchev–Trinajstić information content (AvgIpc) is 2.48. The highest BCUT2D eigenvalue weighted by atomic mass is 16.6. The van der Waals surface area contributed by atoms with E-state index in [1.54, 1.807) is 12.1 Å². The molecule has 0 aromatic heterocycles.